The Balaban J connectivity index is 1.35. The molecule has 1 aliphatic heterocycles. The molecule has 128 valence electrons. The summed E-state index contributed by atoms with van der Waals surface area (Å²) < 4.78 is 0. The summed E-state index contributed by atoms with van der Waals surface area (Å²) in [5.41, 5.74) is 1.04. The molecule has 4 nitrogen and oxygen atoms in total. The van der Waals surface area contributed by atoms with Gasteiger partial charge in [-0.1, -0.05) is 37.3 Å². The smallest absolute Gasteiger partial charge is 0.224 e. The molecule has 4 rings (SSSR count). The van der Waals surface area contributed by atoms with E-state index in [4.69, 9.17) is 0 Å². The third-order valence-corrected chi connectivity index (χ3v) is 6.13. The van der Waals surface area contributed by atoms with E-state index in [2.05, 4.69) is 17.1 Å². The van der Waals surface area contributed by atoms with E-state index in [-0.39, 0.29) is 5.91 Å². The summed E-state index contributed by atoms with van der Waals surface area (Å²) in [5.74, 6) is 1.87. The molecule has 2 amide bonds. The van der Waals surface area contributed by atoms with Gasteiger partial charge in [-0.05, 0) is 42.6 Å². The van der Waals surface area contributed by atoms with Crippen LogP contribution in [0.15, 0.2) is 30.3 Å². The Bertz CT molecular complexity index is 626. The maximum Gasteiger partial charge on any atom is 0.224 e. The highest BCUT2D eigenvalue weighted by Gasteiger charge is 2.53. The Morgan fingerprint density at radius 2 is 2.00 bits per heavy atom. The van der Waals surface area contributed by atoms with Crippen LogP contribution in [0.3, 0.4) is 0 Å². The molecule has 1 aromatic rings. The summed E-state index contributed by atoms with van der Waals surface area (Å²) in [7, 11) is 0. The maximum absolute atomic E-state index is 12.3. The van der Waals surface area contributed by atoms with E-state index >= 15 is 0 Å². The Kier molecular flexibility index (Phi) is 4.07. The van der Waals surface area contributed by atoms with Crippen LogP contribution in [-0.2, 0) is 16.0 Å². The standard InChI is InChI=1S/C20H26N2O2/c1-13-9-18-16(11-20(24)22(18)15-7-8-15)17(13)12-21-19(23)10-14-5-3-2-4-6-14/h2-6,13,15-18H,7-12H2,1H3,(H,21,23)/t13-,16-,17+,18+/m0/s1. The summed E-state index contributed by atoms with van der Waals surface area (Å²) in [6.07, 6.45) is 4.59. The number of hydrogen-bond acceptors (Lipinski definition) is 2. The van der Waals surface area contributed by atoms with Gasteiger partial charge in [0.2, 0.25) is 11.8 Å². The molecule has 4 atom stereocenters. The highest BCUT2D eigenvalue weighted by Crippen LogP contribution is 2.49. The predicted octanol–water partition coefficient (Wildman–Crippen LogP) is 2.38. The largest absolute Gasteiger partial charge is 0.356 e. The lowest BCUT2D eigenvalue weighted by atomic mass is 9.88. The lowest BCUT2D eigenvalue weighted by molar-refractivity contribution is -0.129. The van der Waals surface area contributed by atoms with Gasteiger partial charge in [0, 0.05) is 25.0 Å². The lowest BCUT2D eigenvalue weighted by Gasteiger charge is -2.24. The van der Waals surface area contributed by atoms with Crippen LogP contribution in [0.4, 0.5) is 0 Å². The number of rotatable bonds is 5. The number of benzene rings is 1. The fourth-order valence-electron chi connectivity index (χ4n) is 4.79. The van der Waals surface area contributed by atoms with Gasteiger partial charge in [0.1, 0.15) is 0 Å². The number of fused-ring (bicyclic) bond motifs is 1. The Morgan fingerprint density at radius 1 is 1.25 bits per heavy atom. The van der Waals surface area contributed by atoms with Crippen LogP contribution in [0.1, 0.15) is 38.2 Å². The molecule has 0 bridgehead atoms. The number of hydrogen-bond donors (Lipinski definition) is 1. The van der Waals surface area contributed by atoms with Crippen molar-refractivity contribution in [3.8, 4) is 0 Å². The first-order chi connectivity index (χ1) is 11.6. The normalized spacial score (nSPS) is 32.0. The van der Waals surface area contributed by atoms with Crippen LogP contribution >= 0.6 is 0 Å². The molecular weight excluding hydrogens is 300 g/mol. The fraction of sp³-hybridized carbons (Fsp3) is 0.600. The predicted molar refractivity (Wildman–Crippen MR) is 92.2 cm³/mol. The minimum atomic E-state index is 0.0835. The Morgan fingerprint density at radius 3 is 2.71 bits per heavy atom. The van der Waals surface area contributed by atoms with Gasteiger partial charge in [-0.15, -0.1) is 0 Å². The van der Waals surface area contributed by atoms with E-state index in [1.807, 2.05) is 30.3 Å². The van der Waals surface area contributed by atoms with Crippen molar-refractivity contribution in [2.75, 3.05) is 6.54 Å². The number of nitrogens with one attached hydrogen (secondary N) is 1. The molecule has 0 spiro atoms. The second-order valence-electron chi connectivity index (χ2n) is 7.81. The SMILES string of the molecule is C[C@H]1C[C@@H]2[C@@H](CC(=O)N2C2CC2)[C@@H]1CNC(=O)Cc1ccccc1. The van der Waals surface area contributed by atoms with Gasteiger partial charge in [-0.2, -0.15) is 0 Å². The molecule has 3 aliphatic rings. The van der Waals surface area contributed by atoms with Crippen molar-refractivity contribution in [2.45, 2.75) is 51.1 Å². The fourth-order valence-corrected chi connectivity index (χ4v) is 4.79. The molecule has 1 saturated heterocycles. The Labute approximate surface area is 143 Å². The molecule has 2 aliphatic carbocycles. The third-order valence-electron chi connectivity index (χ3n) is 6.13. The van der Waals surface area contributed by atoms with Crippen molar-refractivity contribution >= 4 is 11.8 Å². The molecular formula is C20H26N2O2. The highest BCUT2D eigenvalue weighted by molar-refractivity contribution is 5.80. The van der Waals surface area contributed by atoms with Crippen molar-refractivity contribution in [2.24, 2.45) is 17.8 Å². The van der Waals surface area contributed by atoms with Gasteiger partial charge < -0.3 is 10.2 Å². The average molecular weight is 326 g/mol. The summed E-state index contributed by atoms with van der Waals surface area (Å²) in [4.78, 5) is 26.8. The first-order valence-electron chi connectivity index (χ1n) is 9.25. The van der Waals surface area contributed by atoms with Gasteiger partial charge >= 0.3 is 0 Å². The zero-order valence-corrected chi connectivity index (χ0v) is 14.3. The van der Waals surface area contributed by atoms with Crippen LogP contribution in [0.25, 0.3) is 0 Å². The van der Waals surface area contributed by atoms with Gasteiger partial charge in [0.05, 0.1) is 6.42 Å². The van der Waals surface area contributed by atoms with Gasteiger partial charge in [0.15, 0.2) is 0 Å². The number of amides is 2. The summed E-state index contributed by atoms with van der Waals surface area (Å²) >= 11 is 0. The van der Waals surface area contributed by atoms with E-state index in [1.54, 1.807) is 0 Å². The summed E-state index contributed by atoms with van der Waals surface area (Å²) in [6, 6.07) is 10.8. The van der Waals surface area contributed by atoms with Crippen LogP contribution in [0, 0.1) is 17.8 Å². The molecule has 1 heterocycles. The molecule has 2 saturated carbocycles. The van der Waals surface area contributed by atoms with Crippen molar-refractivity contribution in [1.29, 1.82) is 0 Å². The van der Waals surface area contributed by atoms with Gasteiger partial charge in [0.25, 0.3) is 0 Å². The first-order valence-corrected chi connectivity index (χ1v) is 9.25. The lowest BCUT2D eigenvalue weighted by Crippen LogP contribution is -2.36. The maximum atomic E-state index is 12.3. The molecule has 0 aromatic heterocycles. The molecule has 4 heteroatoms. The molecule has 0 unspecified atom stereocenters. The molecule has 1 aromatic carbocycles. The van der Waals surface area contributed by atoms with Crippen LogP contribution < -0.4 is 5.32 Å². The summed E-state index contributed by atoms with van der Waals surface area (Å²) in [5, 5.41) is 3.12. The van der Waals surface area contributed by atoms with E-state index in [9.17, 15) is 9.59 Å². The zero-order valence-electron chi connectivity index (χ0n) is 14.3. The van der Waals surface area contributed by atoms with E-state index in [1.165, 1.54) is 12.8 Å². The van der Waals surface area contributed by atoms with Crippen LogP contribution in [-0.4, -0.2) is 35.3 Å². The van der Waals surface area contributed by atoms with Crippen molar-refractivity contribution < 1.29 is 9.59 Å². The second-order valence-corrected chi connectivity index (χ2v) is 7.81. The summed E-state index contributed by atoms with van der Waals surface area (Å²) in [6.45, 7) is 2.99. The van der Waals surface area contributed by atoms with Crippen molar-refractivity contribution in [1.82, 2.24) is 10.2 Å². The number of nitrogens with zero attached hydrogens (tertiary/aromatic N) is 1. The van der Waals surface area contributed by atoms with Gasteiger partial charge in [-0.25, -0.2) is 0 Å². The van der Waals surface area contributed by atoms with Crippen molar-refractivity contribution in [3.63, 3.8) is 0 Å². The van der Waals surface area contributed by atoms with Crippen LogP contribution in [0.2, 0.25) is 0 Å². The highest BCUT2D eigenvalue weighted by atomic mass is 16.2. The van der Waals surface area contributed by atoms with Gasteiger partial charge in [-0.3, -0.25) is 9.59 Å². The Hall–Kier alpha value is -1.84. The minimum Gasteiger partial charge on any atom is -0.356 e. The first kappa shape index (κ1) is 15.7. The average Bonchev–Trinajstić information content (AvgIpc) is 3.27. The molecule has 24 heavy (non-hydrogen) atoms. The van der Waals surface area contributed by atoms with Crippen LogP contribution in [0.5, 0.6) is 0 Å². The third kappa shape index (κ3) is 2.94. The van der Waals surface area contributed by atoms with E-state index in [0.717, 1.165) is 12.0 Å². The number of carbonyl (C=O) groups is 2. The molecule has 0 radical (unpaired) electrons. The van der Waals surface area contributed by atoms with E-state index in [0.29, 0.717) is 55.1 Å². The second kappa shape index (κ2) is 6.23. The van der Waals surface area contributed by atoms with Crippen molar-refractivity contribution in [3.05, 3.63) is 35.9 Å². The minimum absolute atomic E-state index is 0.0835. The van der Waals surface area contributed by atoms with E-state index < -0.39 is 0 Å². The topological polar surface area (TPSA) is 49.4 Å². The molecule has 1 N–H and O–H groups in total. The quantitative estimate of drug-likeness (QED) is 0.903. The zero-order chi connectivity index (χ0) is 16.7. The number of likely N-dealkylation sites (tertiary alicyclic amines) is 1. The number of carbonyl (C=O) groups excluding carboxylic acids is 2. The molecule has 3 fully saturated rings. The monoisotopic (exact) mass is 326 g/mol.